The first-order chi connectivity index (χ1) is 25.3. The average molecular weight is 652 g/mol. The highest BCUT2D eigenvalue weighted by Gasteiger charge is 2.46. The lowest BCUT2D eigenvalue weighted by Gasteiger charge is -2.33. The summed E-state index contributed by atoms with van der Waals surface area (Å²) >= 11 is 0. The van der Waals surface area contributed by atoms with Gasteiger partial charge in [-0.3, -0.25) is 0 Å². The van der Waals surface area contributed by atoms with E-state index < -0.39 is 5.41 Å². The van der Waals surface area contributed by atoms with Gasteiger partial charge in [0.2, 0.25) is 0 Å². The molecule has 1 heterocycles. The first-order valence-corrected chi connectivity index (χ1v) is 17.5. The standard InChI is InChI=1S/C49H33NO/c1-4-15-34(16-5-1)35-17-14-22-39(31-35)50(38-20-8-3-9-21-38)40-28-30-44-43-29-27-37(32-47(43)51-48(44)33-40)49(36-18-6-2-7-19-36)45-25-12-10-23-41(45)42-24-11-13-26-46(42)49/h1-33H. The molecule has 0 spiro atoms. The molecule has 0 unspecified atom stereocenters. The third-order valence-electron chi connectivity index (χ3n) is 10.5. The van der Waals surface area contributed by atoms with Crippen LogP contribution in [0.4, 0.5) is 17.1 Å². The van der Waals surface area contributed by atoms with Crippen molar-refractivity contribution in [2.24, 2.45) is 0 Å². The van der Waals surface area contributed by atoms with E-state index in [-0.39, 0.29) is 0 Å². The highest BCUT2D eigenvalue weighted by Crippen LogP contribution is 2.56. The first kappa shape index (κ1) is 29.3. The molecule has 9 aromatic rings. The lowest BCUT2D eigenvalue weighted by atomic mass is 9.67. The fourth-order valence-corrected chi connectivity index (χ4v) is 8.33. The van der Waals surface area contributed by atoms with Crippen LogP contribution in [0.25, 0.3) is 44.2 Å². The molecule has 0 saturated heterocycles. The Morgan fingerprint density at radius 2 is 0.882 bits per heavy atom. The Labute approximate surface area is 297 Å². The van der Waals surface area contributed by atoms with E-state index in [0.29, 0.717) is 0 Å². The topological polar surface area (TPSA) is 16.4 Å². The molecule has 1 aliphatic rings. The number of hydrogen-bond donors (Lipinski definition) is 0. The quantitative estimate of drug-likeness (QED) is 0.178. The fraction of sp³-hybridized carbons (Fsp3) is 0.0204. The van der Waals surface area contributed by atoms with Crippen LogP contribution < -0.4 is 4.90 Å². The zero-order valence-corrected chi connectivity index (χ0v) is 27.9. The predicted molar refractivity (Wildman–Crippen MR) is 211 cm³/mol. The maximum atomic E-state index is 6.84. The Hall–Kier alpha value is -6.64. The number of furan rings is 1. The lowest BCUT2D eigenvalue weighted by molar-refractivity contribution is 0.665. The Kier molecular flexibility index (Phi) is 6.75. The molecule has 1 aliphatic carbocycles. The van der Waals surface area contributed by atoms with Gasteiger partial charge in [0.25, 0.3) is 0 Å². The van der Waals surface area contributed by atoms with Crippen LogP contribution in [0.15, 0.2) is 205 Å². The van der Waals surface area contributed by atoms with Crippen molar-refractivity contribution < 1.29 is 4.42 Å². The molecule has 0 radical (unpaired) electrons. The number of fused-ring (bicyclic) bond motifs is 6. The molecule has 0 atom stereocenters. The van der Waals surface area contributed by atoms with Crippen LogP contribution >= 0.6 is 0 Å². The van der Waals surface area contributed by atoms with Crippen LogP contribution in [-0.4, -0.2) is 0 Å². The van der Waals surface area contributed by atoms with Crippen molar-refractivity contribution in [2.45, 2.75) is 5.41 Å². The van der Waals surface area contributed by atoms with Crippen LogP contribution in [0.2, 0.25) is 0 Å². The summed E-state index contributed by atoms with van der Waals surface area (Å²) in [5.41, 5.74) is 14.5. The van der Waals surface area contributed by atoms with Gasteiger partial charge in [0, 0.05) is 33.9 Å². The van der Waals surface area contributed by atoms with Crippen molar-refractivity contribution >= 4 is 39.0 Å². The molecule has 0 amide bonds. The van der Waals surface area contributed by atoms with Gasteiger partial charge in [0.1, 0.15) is 11.2 Å². The molecule has 0 bridgehead atoms. The number of rotatable bonds is 6. The third-order valence-corrected chi connectivity index (χ3v) is 10.5. The van der Waals surface area contributed by atoms with Gasteiger partial charge in [-0.25, -0.2) is 0 Å². The molecule has 2 nitrogen and oxygen atoms in total. The Morgan fingerprint density at radius 1 is 0.353 bits per heavy atom. The monoisotopic (exact) mass is 651 g/mol. The molecular weight excluding hydrogens is 619 g/mol. The summed E-state index contributed by atoms with van der Waals surface area (Å²) in [6, 6.07) is 71.9. The Balaban J connectivity index is 1.15. The summed E-state index contributed by atoms with van der Waals surface area (Å²) in [5, 5.41) is 2.22. The molecular formula is C49H33NO. The second-order valence-electron chi connectivity index (χ2n) is 13.3. The second-order valence-corrected chi connectivity index (χ2v) is 13.3. The molecule has 0 saturated carbocycles. The van der Waals surface area contributed by atoms with E-state index in [1.165, 1.54) is 44.5 Å². The minimum absolute atomic E-state index is 0.472. The molecule has 0 aliphatic heterocycles. The van der Waals surface area contributed by atoms with Crippen molar-refractivity contribution in [1.29, 1.82) is 0 Å². The first-order valence-electron chi connectivity index (χ1n) is 17.5. The van der Waals surface area contributed by atoms with Crippen molar-refractivity contribution in [3.8, 4) is 22.3 Å². The fourth-order valence-electron chi connectivity index (χ4n) is 8.33. The second kappa shape index (κ2) is 11.8. The van der Waals surface area contributed by atoms with Crippen LogP contribution in [0, 0.1) is 0 Å². The van der Waals surface area contributed by atoms with Crippen molar-refractivity contribution in [2.75, 3.05) is 4.90 Å². The SMILES string of the molecule is c1ccc(-c2cccc(N(c3ccccc3)c3ccc4c(c3)oc3cc(C5(c6ccccc6)c6ccccc6-c6ccccc65)ccc34)c2)cc1. The van der Waals surface area contributed by atoms with E-state index >= 15 is 0 Å². The minimum atomic E-state index is -0.472. The largest absolute Gasteiger partial charge is 0.456 e. The predicted octanol–water partition coefficient (Wildman–Crippen LogP) is 13.1. The van der Waals surface area contributed by atoms with Crippen LogP contribution in [0.5, 0.6) is 0 Å². The number of hydrogen-bond acceptors (Lipinski definition) is 2. The van der Waals surface area contributed by atoms with Gasteiger partial charge < -0.3 is 9.32 Å². The van der Waals surface area contributed by atoms with Crippen molar-refractivity contribution in [1.82, 2.24) is 0 Å². The number of benzene rings is 8. The highest BCUT2D eigenvalue weighted by atomic mass is 16.3. The zero-order valence-electron chi connectivity index (χ0n) is 27.9. The smallest absolute Gasteiger partial charge is 0.137 e. The summed E-state index contributed by atoms with van der Waals surface area (Å²) in [7, 11) is 0. The van der Waals surface area contributed by atoms with Gasteiger partial charge in [0.15, 0.2) is 0 Å². The Bertz CT molecular complexity index is 2650. The van der Waals surface area contributed by atoms with E-state index in [1.807, 2.05) is 0 Å². The third kappa shape index (κ3) is 4.57. The van der Waals surface area contributed by atoms with E-state index in [1.54, 1.807) is 0 Å². The number of nitrogens with zero attached hydrogens (tertiary/aromatic N) is 1. The average Bonchev–Trinajstić information content (AvgIpc) is 3.72. The highest BCUT2D eigenvalue weighted by molar-refractivity contribution is 6.06. The zero-order chi connectivity index (χ0) is 33.8. The van der Waals surface area contributed by atoms with Gasteiger partial charge in [-0.2, -0.15) is 0 Å². The molecule has 51 heavy (non-hydrogen) atoms. The summed E-state index contributed by atoms with van der Waals surface area (Å²) < 4.78 is 6.84. The minimum Gasteiger partial charge on any atom is -0.456 e. The maximum absolute atomic E-state index is 6.84. The number of para-hydroxylation sites is 1. The lowest BCUT2D eigenvalue weighted by Crippen LogP contribution is -2.28. The Morgan fingerprint density at radius 3 is 1.59 bits per heavy atom. The molecule has 2 heteroatoms. The van der Waals surface area contributed by atoms with Gasteiger partial charge in [-0.15, -0.1) is 0 Å². The van der Waals surface area contributed by atoms with Gasteiger partial charge >= 0.3 is 0 Å². The maximum Gasteiger partial charge on any atom is 0.137 e. The van der Waals surface area contributed by atoms with Gasteiger partial charge in [-0.05, 0) is 87.0 Å². The van der Waals surface area contributed by atoms with Gasteiger partial charge in [0.05, 0.1) is 5.41 Å². The van der Waals surface area contributed by atoms with Crippen molar-refractivity contribution in [3.05, 3.63) is 222 Å². The van der Waals surface area contributed by atoms with E-state index in [0.717, 1.165) is 39.0 Å². The number of anilines is 3. The van der Waals surface area contributed by atoms with E-state index in [4.69, 9.17) is 4.42 Å². The summed E-state index contributed by atoms with van der Waals surface area (Å²) in [6.07, 6.45) is 0. The molecule has 240 valence electrons. The molecule has 1 aromatic heterocycles. The normalized spacial score (nSPS) is 12.9. The van der Waals surface area contributed by atoms with Crippen LogP contribution in [0.3, 0.4) is 0 Å². The molecule has 8 aromatic carbocycles. The van der Waals surface area contributed by atoms with Crippen molar-refractivity contribution in [3.63, 3.8) is 0 Å². The van der Waals surface area contributed by atoms with Gasteiger partial charge in [-0.1, -0.05) is 152 Å². The summed E-state index contributed by atoms with van der Waals surface area (Å²) in [4.78, 5) is 2.31. The summed E-state index contributed by atoms with van der Waals surface area (Å²) in [6.45, 7) is 0. The van der Waals surface area contributed by atoms with E-state index in [9.17, 15) is 0 Å². The molecule has 0 N–H and O–H groups in total. The van der Waals surface area contributed by atoms with E-state index in [2.05, 4.69) is 205 Å². The molecule has 10 rings (SSSR count). The molecule has 0 fully saturated rings. The summed E-state index contributed by atoms with van der Waals surface area (Å²) in [5.74, 6) is 0. The van der Waals surface area contributed by atoms with Crippen LogP contribution in [-0.2, 0) is 5.41 Å². The van der Waals surface area contributed by atoms with Crippen LogP contribution in [0.1, 0.15) is 22.3 Å².